The summed E-state index contributed by atoms with van der Waals surface area (Å²) < 4.78 is 16.7. The van der Waals surface area contributed by atoms with Crippen molar-refractivity contribution >= 4 is 5.78 Å². The molecule has 178 valence electrons. The van der Waals surface area contributed by atoms with E-state index in [1.54, 1.807) is 0 Å². The summed E-state index contributed by atoms with van der Waals surface area (Å²) in [6, 6.07) is 5.57. The molecular formula is C21H22O12. The molecule has 0 bridgehead atoms. The van der Waals surface area contributed by atoms with E-state index in [1.165, 1.54) is 6.07 Å². The maximum atomic E-state index is 13.3. The third-order valence-electron chi connectivity index (χ3n) is 5.56. The van der Waals surface area contributed by atoms with E-state index in [-0.39, 0.29) is 22.6 Å². The van der Waals surface area contributed by atoms with Crippen LogP contribution < -0.4 is 4.74 Å². The zero-order valence-corrected chi connectivity index (χ0v) is 16.8. The highest BCUT2D eigenvalue weighted by atomic mass is 16.7. The Bertz CT molecular complexity index is 1050. The molecule has 8 N–H and O–H groups in total. The number of aromatic hydroxyl groups is 4. The average Bonchev–Trinajstić information content (AvgIpc) is 2.76. The molecule has 33 heavy (non-hydrogen) atoms. The smallest absolute Gasteiger partial charge is 0.203 e. The Labute approximate surface area is 186 Å². The van der Waals surface area contributed by atoms with Crippen LogP contribution in [0.15, 0.2) is 30.3 Å². The van der Waals surface area contributed by atoms with Gasteiger partial charge >= 0.3 is 0 Å². The Hall–Kier alpha value is -3.13. The molecule has 2 aliphatic rings. The van der Waals surface area contributed by atoms with Gasteiger partial charge in [-0.25, -0.2) is 0 Å². The molecule has 12 nitrogen and oxygen atoms in total. The first-order chi connectivity index (χ1) is 15.6. The van der Waals surface area contributed by atoms with Crippen LogP contribution in [0.1, 0.15) is 22.0 Å². The van der Waals surface area contributed by atoms with E-state index in [1.807, 2.05) is 0 Å². The van der Waals surface area contributed by atoms with E-state index in [2.05, 4.69) is 0 Å². The van der Waals surface area contributed by atoms with Crippen molar-refractivity contribution in [1.82, 2.24) is 0 Å². The summed E-state index contributed by atoms with van der Waals surface area (Å²) in [4.78, 5) is 13.3. The molecule has 0 saturated carbocycles. The van der Waals surface area contributed by atoms with Gasteiger partial charge in [0.05, 0.1) is 6.61 Å². The fourth-order valence-corrected chi connectivity index (χ4v) is 3.82. The first-order valence-corrected chi connectivity index (χ1v) is 9.87. The lowest BCUT2D eigenvalue weighted by atomic mass is 9.92. The number of rotatable bonds is 4. The van der Waals surface area contributed by atoms with Crippen molar-refractivity contribution in [3.8, 4) is 28.7 Å². The maximum absolute atomic E-state index is 13.3. The second-order valence-corrected chi connectivity index (χ2v) is 7.74. The molecule has 0 spiro atoms. The van der Waals surface area contributed by atoms with Gasteiger partial charge in [0, 0.05) is 12.1 Å². The Morgan fingerprint density at radius 3 is 2.27 bits per heavy atom. The first kappa shape index (κ1) is 23.0. The zero-order valence-electron chi connectivity index (χ0n) is 16.8. The summed E-state index contributed by atoms with van der Waals surface area (Å²) in [7, 11) is 0. The van der Waals surface area contributed by atoms with Crippen LogP contribution >= 0.6 is 0 Å². The number of carbonyl (C=O) groups excluding carboxylic acids is 1. The number of ketones is 1. The van der Waals surface area contributed by atoms with Crippen molar-refractivity contribution in [3.63, 3.8) is 0 Å². The van der Waals surface area contributed by atoms with Crippen molar-refractivity contribution in [1.29, 1.82) is 0 Å². The number of aliphatic hydroxyl groups is 4. The van der Waals surface area contributed by atoms with Crippen molar-refractivity contribution in [2.24, 2.45) is 0 Å². The van der Waals surface area contributed by atoms with Crippen LogP contribution in [-0.2, 0) is 9.47 Å². The van der Waals surface area contributed by atoms with Crippen LogP contribution in [0.2, 0.25) is 0 Å². The number of carbonyl (C=O) groups is 1. The fourth-order valence-electron chi connectivity index (χ4n) is 3.82. The molecule has 12 heteroatoms. The van der Waals surface area contributed by atoms with Crippen molar-refractivity contribution in [3.05, 3.63) is 41.5 Å². The van der Waals surface area contributed by atoms with Crippen LogP contribution in [-0.4, -0.2) is 90.1 Å². The highest BCUT2D eigenvalue weighted by Crippen LogP contribution is 2.44. The van der Waals surface area contributed by atoms with Crippen LogP contribution in [0.4, 0.5) is 0 Å². The highest BCUT2D eigenvalue weighted by Gasteiger charge is 2.49. The number of phenols is 4. The van der Waals surface area contributed by atoms with Gasteiger partial charge in [0.1, 0.15) is 47.2 Å². The monoisotopic (exact) mass is 466 g/mol. The molecule has 4 rings (SSSR count). The normalized spacial score (nSPS) is 31.6. The van der Waals surface area contributed by atoms with Crippen molar-refractivity contribution < 1.29 is 59.9 Å². The predicted molar refractivity (Wildman–Crippen MR) is 106 cm³/mol. The minimum Gasteiger partial charge on any atom is -0.508 e. The largest absolute Gasteiger partial charge is 0.508 e. The topological polar surface area (TPSA) is 207 Å². The Morgan fingerprint density at radius 1 is 0.879 bits per heavy atom. The Morgan fingerprint density at radius 2 is 1.61 bits per heavy atom. The summed E-state index contributed by atoms with van der Waals surface area (Å²) in [5.74, 6) is -3.00. The third-order valence-corrected chi connectivity index (χ3v) is 5.56. The van der Waals surface area contributed by atoms with Gasteiger partial charge in [0.2, 0.25) is 5.78 Å². The lowest BCUT2D eigenvalue weighted by Gasteiger charge is -2.42. The van der Waals surface area contributed by atoms with Gasteiger partial charge < -0.3 is 55.1 Å². The van der Waals surface area contributed by atoms with Gasteiger partial charge in [0.25, 0.3) is 0 Å². The Kier molecular flexibility index (Phi) is 6.05. The van der Waals surface area contributed by atoms with E-state index >= 15 is 0 Å². The van der Waals surface area contributed by atoms with Crippen LogP contribution in [0, 0.1) is 0 Å². The molecule has 2 aromatic rings. The number of Topliss-reactive ketones (excluding diaryl/α,β-unsaturated/α-hetero) is 1. The maximum Gasteiger partial charge on any atom is 0.203 e. The summed E-state index contributed by atoms with van der Waals surface area (Å²) >= 11 is 0. The molecule has 2 aromatic carbocycles. The van der Waals surface area contributed by atoms with Crippen LogP contribution in [0.25, 0.3) is 0 Å². The molecule has 2 aliphatic heterocycles. The van der Waals surface area contributed by atoms with Gasteiger partial charge in [-0.05, 0) is 17.7 Å². The van der Waals surface area contributed by atoms with E-state index in [0.29, 0.717) is 0 Å². The summed E-state index contributed by atoms with van der Waals surface area (Å²) in [6.45, 7) is -0.724. The standard InChI is InChI=1S/C21H22O12/c22-6-13-15(27)17(29)18(30)21(32-13)33-20-16(28)14-11(26)4-8(23)5-12(14)31-19(20)7-1-2-9(24)10(25)3-7/h1-5,13,15,17-27,29-30H,6H2/t13-,15-,17-,18+,19-,20+,21-/m0/s1. The molecule has 0 radical (unpaired) electrons. The lowest BCUT2D eigenvalue weighted by molar-refractivity contribution is -0.311. The minimum atomic E-state index is -1.82. The van der Waals surface area contributed by atoms with Gasteiger partial charge in [0.15, 0.2) is 30.0 Å². The number of hydrogen-bond acceptors (Lipinski definition) is 12. The van der Waals surface area contributed by atoms with Gasteiger partial charge in [-0.2, -0.15) is 0 Å². The summed E-state index contributed by atoms with van der Waals surface area (Å²) in [6.07, 6.45) is -11.2. The van der Waals surface area contributed by atoms with Crippen molar-refractivity contribution in [2.45, 2.75) is 42.9 Å². The summed E-state index contributed by atoms with van der Waals surface area (Å²) in [5.41, 5.74) is -0.191. The minimum absolute atomic E-state index is 0.140. The van der Waals surface area contributed by atoms with E-state index in [9.17, 15) is 45.6 Å². The molecule has 0 aromatic heterocycles. The summed E-state index contributed by atoms with van der Waals surface area (Å²) in [5, 5.41) is 79.2. The highest BCUT2D eigenvalue weighted by molar-refractivity contribution is 6.05. The lowest BCUT2D eigenvalue weighted by Crippen LogP contribution is -2.60. The third kappa shape index (κ3) is 4.04. The van der Waals surface area contributed by atoms with Crippen LogP contribution in [0.5, 0.6) is 28.7 Å². The van der Waals surface area contributed by atoms with E-state index in [0.717, 1.165) is 24.3 Å². The first-order valence-electron chi connectivity index (χ1n) is 9.87. The predicted octanol–water partition coefficient (Wildman–Crippen LogP) is -0.990. The van der Waals surface area contributed by atoms with E-state index < -0.39 is 72.6 Å². The van der Waals surface area contributed by atoms with Gasteiger partial charge in [-0.1, -0.05) is 6.07 Å². The van der Waals surface area contributed by atoms with Gasteiger partial charge in [-0.3, -0.25) is 4.79 Å². The van der Waals surface area contributed by atoms with Crippen molar-refractivity contribution in [2.75, 3.05) is 6.61 Å². The van der Waals surface area contributed by atoms with Crippen LogP contribution in [0.3, 0.4) is 0 Å². The average molecular weight is 466 g/mol. The Balaban J connectivity index is 1.75. The number of hydrogen-bond donors (Lipinski definition) is 8. The number of ether oxygens (including phenoxy) is 3. The zero-order chi connectivity index (χ0) is 24.0. The molecule has 1 saturated heterocycles. The molecular weight excluding hydrogens is 444 g/mol. The molecule has 0 unspecified atom stereocenters. The quantitative estimate of drug-likeness (QED) is 0.256. The number of phenolic OH excluding ortho intramolecular Hbond substituents is 4. The molecule has 1 fully saturated rings. The van der Waals surface area contributed by atoms with Gasteiger partial charge in [-0.15, -0.1) is 0 Å². The second-order valence-electron chi connectivity index (χ2n) is 7.74. The number of fused-ring (bicyclic) bond motifs is 1. The van der Waals surface area contributed by atoms with E-state index in [4.69, 9.17) is 14.2 Å². The molecule has 2 heterocycles. The molecule has 7 atom stereocenters. The number of benzene rings is 2. The molecule has 0 amide bonds. The molecule has 0 aliphatic carbocycles. The SMILES string of the molecule is O=C1c2c(O)cc(O)cc2O[C@@H](c2ccc(O)c(O)c2)[C@@H]1O[C@@H]1O[C@@H](CO)[C@H](O)[C@H](O)[C@H]1O. The second kappa shape index (κ2) is 8.67. The fraction of sp³-hybridized carbons (Fsp3) is 0.381. The number of aliphatic hydroxyl groups excluding tert-OH is 4.